The molecule has 6 nitrogen and oxygen atoms in total. The van der Waals surface area contributed by atoms with E-state index in [4.69, 9.17) is 19.8 Å². The van der Waals surface area contributed by atoms with Gasteiger partial charge in [-0.3, -0.25) is 4.90 Å². The lowest BCUT2D eigenvalue weighted by atomic mass is 9.78. The van der Waals surface area contributed by atoms with Gasteiger partial charge in [-0.1, -0.05) is 12.1 Å². The molecule has 36 heavy (non-hydrogen) atoms. The maximum Gasteiger partial charge on any atom is 0.490 e. The van der Waals surface area contributed by atoms with Gasteiger partial charge in [0.2, 0.25) is 0 Å². The molecule has 3 rings (SSSR count). The van der Waals surface area contributed by atoms with Crippen LogP contribution in [0.25, 0.3) is 0 Å². The fourth-order valence-electron chi connectivity index (χ4n) is 3.72. The standard InChI is InChI=1S/C17H23F3N2.2C2HF3O2/c1-21-9-6-16(7-10-21)8-11-22(13-16)12-14-2-4-15(5-3-14)17(18,19)20;2*3-2(4,5)1(6)7/h2-5H,6-13H2,1H3;2*(H,6,7). The summed E-state index contributed by atoms with van der Waals surface area (Å²) < 4.78 is 101. The van der Waals surface area contributed by atoms with Crippen LogP contribution in [-0.2, 0) is 22.3 Å². The molecule has 1 spiro atoms. The SMILES string of the molecule is CN1CCC2(CC1)CCN(Cc1ccc(C(F)(F)F)cc1)C2.O=C(O)C(F)(F)F.O=C(O)C(F)(F)F. The summed E-state index contributed by atoms with van der Waals surface area (Å²) in [5, 5.41) is 14.2. The summed E-state index contributed by atoms with van der Waals surface area (Å²) in [6.07, 6.45) is -10.7. The number of carboxylic acid groups (broad SMARTS) is 2. The van der Waals surface area contributed by atoms with Crippen molar-refractivity contribution in [1.82, 2.24) is 9.80 Å². The van der Waals surface area contributed by atoms with Gasteiger partial charge in [0.25, 0.3) is 0 Å². The number of carbonyl (C=O) groups is 2. The lowest BCUT2D eigenvalue weighted by Crippen LogP contribution is -2.39. The number of likely N-dealkylation sites (tertiary alicyclic amines) is 2. The van der Waals surface area contributed by atoms with E-state index in [1.54, 1.807) is 12.1 Å². The molecule has 0 radical (unpaired) electrons. The highest BCUT2D eigenvalue weighted by molar-refractivity contribution is 5.73. The third-order valence-corrected chi connectivity index (χ3v) is 5.74. The number of halogens is 9. The van der Waals surface area contributed by atoms with Crippen molar-refractivity contribution in [1.29, 1.82) is 0 Å². The van der Waals surface area contributed by atoms with Gasteiger partial charge in [-0.2, -0.15) is 39.5 Å². The molecule has 0 saturated carbocycles. The van der Waals surface area contributed by atoms with Crippen molar-refractivity contribution in [2.75, 3.05) is 33.2 Å². The summed E-state index contributed by atoms with van der Waals surface area (Å²) in [7, 11) is 2.17. The van der Waals surface area contributed by atoms with Gasteiger partial charge in [0, 0.05) is 13.1 Å². The number of benzene rings is 1. The largest absolute Gasteiger partial charge is 0.490 e. The Morgan fingerprint density at radius 1 is 0.806 bits per heavy atom. The number of rotatable bonds is 2. The van der Waals surface area contributed by atoms with Crippen molar-refractivity contribution >= 4 is 11.9 Å². The smallest absolute Gasteiger partial charge is 0.475 e. The lowest BCUT2D eigenvalue weighted by molar-refractivity contribution is -0.193. The van der Waals surface area contributed by atoms with Crippen LogP contribution in [0.4, 0.5) is 39.5 Å². The summed E-state index contributed by atoms with van der Waals surface area (Å²) in [6.45, 7) is 5.23. The Morgan fingerprint density at radius 3 is 1.56 bits per heavy atom. The molecule has 0 atom stereocenters. The van der Waals surface area contributed by atoms with E-state index in [1.807, 2.05) is 0 Å². The van der Waals surface area contributed by atoms with Gasteiger partial charge in [0.05, 0.1) is 5.56 Å². The average molecular weight is 540 g/mol. The van der Waals surface area contributed by atoms with Crippen molar-refractivity contribution in [3.05, 3.63) is 35.4 Å². The van der Waals surface area contributed by atoms with Crippen LogP contribution in [0, 0.1) is 5.41 Å². The van der Waals surface area contributed by atoms with Crippen LogP contribution in [-0.4, -0.2) is 77.5 Å². The van der Waals surface area contributed by atoms with Gasteiger partial charge in [-0.25, -0.2) is 9.59 Å². The maximum atomic E-state index is 12.6. The summed E-state index contributed by atoms with van der Waals surface area (Å²) in [5.41, 5.74) is 0.848. The summed E-state index contributed by atoms with van der Waals surface area (Å²) in [6, 6.07) is 5.61. The van der Waals surface area contributed by atoms with Gasteiger partial charge < -0.3 is 15.1 Å². The highest BCUT2D eigenvalue weighted by Crippen LogP contribution is 2.40. The van der Waals surface area contributed by atoms with Crippen LogP contribution >= 0.6 is 0 Å². The Morgan fingerprint density at radius 2 is 1.19 bits per heavy atom. The molecular weight excluding hydrogens is 515 g/mol. The normalized spacial score (nSPS) is 18.6. The Kier molecular flexibility index (Phi) is 10.6. The average Bonchev–Trinajstić information content (AvgIpc) is 3.12. The number of hydrogen-bond donors (Lipinski definition) is 2. The minimum absolute atomic E-state index is 0.443. The molecule has 2 aliphatic heterocycles. The van der Waals surface area contributed by atoms with Crippen LogP contribution < -0.4 is 0 Å². The van der Waals surface area contributed by atoms with Crippen molar-refractivity contribution in [2.24, 2.45) is 5.41 Å². The Bertz CT molecular complexity index is 836. The number of piperidine rings is 1. The first-order valence-electron chi connectivity index (χ1n) is 10.4. The fourth-order valence-corrected chi connectivity index (χ4v) is 3.72. The van der Waals surface area contributed by atoms with Gasteiger partial charge in [-0.05, 0) is 69.1 Å². The van der Waals surface area contributed by atoms with Crippen LogP contribution in [0.2, 0.25) is 0 Å². The van der Waals surface area contributed by atoms with E-state index in [-0.39, 0.29) is 0 Å². The zero-order chi connectivity index (χ0) is 27.9. The highest BCUT2D eigenvalue weighted by atomic mass is 19.4. The second-order valence-corrected chi connectivity index (χ2v) is 8.56. The first-order chi connectivity index (χ1) is 16.2. The number of alkyl halides is 9. The monoisotopic (exact) mass is 540 g/mol. The Balaban J connectivity index is 0.000000383. The van der Waals surface area contributed by atoms with Gasteiger partial charge in [0.1, 0.15) is 0 Å². The molecule has 2 aliphatic rings. The van der Waals surface area contributed by atoms with Crippen LogP contribution in [0.5, 0.6) is 0 Å². The lowest BCUT2D eigenvalue weighted by Gasteiger charge is -2.37. The van der Waals surface area contributed by atoms with E-state index in [2.05, 4.69) is 16.8 Å². The topological polar surface area (TPSA) is 81.1 Å². The van der Waals surface area contributed by atoms with Crippen molar-refractivity contribution in [3.8, 4) is 0 Å². The summed E-state index contributed by atoms with van der Waals surface area (Å²) in [4.78, 5) is 22.6. The van der Waals surface area contributed by atoms with Gasteiger partial charge in [0.15, 0.2) is 0 Å². The molecule has 0 unspecified atom stereocenters. The van der Waals surface area contributed by atoms with Crippen LogP contribution in [0.1, 0.15) is 30.4 Å². The molecule has 0 amide bonds. The van der Waals surface area contributed by atoms with E-state index < -0.39 is 36.0 Å². The maximum absolute atomic E-state index is 12.6. The molecule has 1 aromatic rings. The predicted octanol–water partition coefficient (Wildman–Crippen LogP) is 4.89. The molecule has 2 N–H and O–H groups in total. The molecule has 2 heterocycles. The van der Waals surface area contributed by atoms with E-state index in [9.17, 15) is 39.5 Å². The second kappa shape index (κ2) is 12.1. The highest BCUT2D eigenvalue weighted by Gasteiger charge is 2.40. The Hall–Kier alpha value is -2.55. The summed E-state index contributed by atoms with van der Waals surface area (Å²) >= 11 is 0. The van der Waals surface area contributed by atoms with E-state index in [0.29, 0.717) is 5.41 Å². The first kappa shape index (κ1) is 31.5. The number of nitrogens with zero attached hydrogens (tertiary/aromatic N) is 2. The second-order valence-electron chi connectivity index (χ2n) is 8.56. The van der Waals surface area contributed by atoms with E-state index in [1.165, 1.54) is 31.4 Å². The van der Waals surface area contributed by atoms with E-state index >= 15 is 0 Å². The molecule has 15 heteroatoms. The van der Waals surface area contributed by atoms with Gasteiger partial charge >= 0.3 is 30.5 Å². The zero-order valence-electron chi connectivity index (χ0n) is 19.0. The van der Waals surface area contributed by atoms with Crippen molar-refractivity contribution < 1.29 is 59.3 Å². The molecule has 0 aliphatic carbocycles. The summed E-state index contributed by atoms with van der Waals surface area (Å²) in [5.74, 6) is -5.51. The number of hydrogen-bond acceptors (Lipinski definition) is 4. The molecule has 0 bridgehead atoms. The van der Waals surface area contributed by atoms with Crippen LogP contribution in [0.15, 0.2) is 24.3 Å². The quantitative estimate of drug-likeness (QED) is 0.521. The fraction of sp³-hybridized carbons (Fsp3) is 0.619. The minimum atomic E-state index is -5.08. The molecule has 206 valence electrons. The molecule has 2 fully saturated rings. The number of carboxylic acids is 2. The molecule has 1 aromatic carbocycles. The Labute approximate surface area is 200 Å². The minimum Gasteiger partial charge on any atom is -0.475 e. The predicted molar refractivity (Wildman–Crippen MR) is 108 cm³/mol. The van der Waals surface area contributed by atoms with Crippen LogP contribution in [0.3, 0.4) is 0 Å². The molecule has 2 saturated heterocycles. The molecular formula is C21H25F9N2O4. The zero-order valence-corrected chi connectivity index (χ0v) is 19.0. The van der Waals surface area contributed by atoms with E-state index in [0.717, 1.165) is 38.3 Å². The number of aliphatic carboxylic acids is 2. The van der Waals surface area contributed by atoms with Crippen molar-refractivity contribution in [2.45, 2.75) is 44.3 Å². The van der Waals surface area contributed by atoms with Crippen molar-refractivity contribution in [3.63, 3.8) is 0 Å². The third-order valence-electron chi connectivity index (χ3n) is 5.74. The third kappa shape index (κ3) is 10.6. The van der Waals surface area contributed by atoms with Gasteiger partial charge in [-0.15, -0.1) is 0 Å². The molecule has 0 aromatic heterocycles. The first-order valence-corrected chi connectivity index (χ1v) is 10.4.